The summed E-state index contributed by atoms with van der Waals surface area (Å²) in [7, 11) is -3.53. The molecule has 1 atom stereocenters. The van der Waals surface area contributed by atoms with Crippen molar-refractivity contribution in [1.82, 2.24) is 14.6 Å². The third kappa shape index (κ3) is 5.17. The van der Waals surface area contributed by atoms with Gasteiger partial charge in [0.1, 0.15) is 4.90 Å². The number of aryl methyl sites for hydroxylation is 1. The summed E-state index contributed by atoms with van der Waals surface area (Å²) in [4.78, 5) is 16.6. The predicted octanol–water partition coefficient (Wildman–Crippen LogP) is 2.62. The van der Waals surface area contributed by atoms with Crippen LogP contribution in [0.15, 0.2) is 59.8 Å². The molecule has 150 valence electrons. The summed E-state index contributed by atoms with van der Waals surface area (Å²) in [5.41, 5.74) is 1.26. The van der Waals surface area contributed by atoms with E-state index in [-0.39, 0.29) is 22.8 Å². The van der Waals surface area contributed by atoms with E-state index in [0.29, 0.717) is 25.9 Å². The number of carbonyl (C=O) groups is 1. The Morgan fingerprint density at radius 3 is 2.54 bits per heavy atom. The molecule has 1 aliphatic rings. The van der Waals surface area contributed by atoms with Gasteiger partial charge in [0.15, 0.2) is 0 Å². The molecule has 1 amide bonds. The van der Waals surface area contributed by atoms with Gasteiger partial charge in [-0.05, 0) is 50.3 Å². The van der Waals surface area contributed by atoms with Crippen molar-refractivity contribution >= 4 is 15.9 Å². The maximum absolute atomic E-state index is 12.6. The summed E-state index contributed by atoms with van der Waals surface area (Å²) in [6, 6.07) is 13.5. The number of nitrogens with one attached hydrogen (secondary N) is 1. The lowest BCUT2D eigenvalue weighted by Gasteiger charge is -2.31. The Bertz CT molecular complexity index is 864. The van der Waals surface area contributed by atoms with Gasteiger partial charge in [-0.25, -0.2) is 8.42 Å². The van der Waals surface area contributed by atoms with Gasteiger partial charge in [-0.2, -0.15) is 4.31 Å². The number of rotatable bonds is 7. The minimum absolute atomic E-state index is 0.0268. The van der Waals surface area contributed by atoms with Crippen LogP contribution >= 0.6 is 0 Å². The normalized spacial score (nSPS) is 17.2. The zero-order valence-electron chi connectivity index (χ0n) is 16.1. The van der Waals surface area contributed by atoms with Gasteiger partial charge in [-0.15, -0.1) is 0 Å². The molecule has 1 saturated heterocycles. The molecular weight excluding hydrogens is 374 g/mol. The van der Waals surface area contributed by atoms with Crippen molar-refractivity contribution in [3.63, 3.8) is 0 Å². The highest BCUT2D eigenvalue weighted by molar-refractivity contribution is 7.89. The molecule has 0 radical (unpaired) electrons. The van der Waals surface area contributed by atoms with Crippen LogP contribution in [0.3, 0.4) is 0 Å². The minimum Gasteiger partial charge on any atom is -0.353 e. The van der Waals surface area contributed by atoms with E-state index >= 15 is 0 Å². The molecule has 0 spiro atoms. The van der Waals surface area contributed by atoms with Crippen molar-refractivity contribution in [1.29, 1.82) is 0 Å². The van der Waals surface area contributed by atoms with Crippen LogP contribution in [0.5, 0.6) is 0 Å². The molecule has 2 aromatic rings. The number of sulfonamides is 1. The van der Waals surface area contributed by atoms with Crippen molar-refractivity contribution in [2.75, 3.05) is 13.1 Å². The van der Waals surface area contributed by atoms with Crippen LogP contribution in [0.4, 0.5) is 0 Å². The van der Waals surface area contributed by atoms with Crippen molar-refractivity contribution in [3.05, 3.63) is 60.4 Å². The van der Waals surface area contributed by atoms with Gasteiger partial charge in [-0.1, -0.05) is 30.3 Å². The second-order valence-corrected chi connectivity index (χ2v) is 9.24. The molecule has 0 saturated carbocycles. The largest absolute Gasteiger partial charge is 0.353 e. The van der Waals surface area contributed by atoms with Gasteiger partial charge >= 0.3 is 0 Å². The van der Waals surface area contributed by atoms with Crippen molar-refractivity contribution in [2.24, 2.45) is 5.92 Å². The quantitative estimate of drug-likeness (QED) is 0.773. The van der Waals surface area contributed by atoms with Gasteiger partial charge < -0.3 is 5.32 Å². The monoisotopic (exact) mass is 401 g/mol. The van der Waals surface area contributed by atoms with Gasteiger partial charge in [0, 0.05) is 37.4 Å². The summed E-state index contributed by atoms with van der Waals surface area (Å²) >= 11 is 0. The molecule has 1 aliphatic heterocycles. The number of piperidine rings is 1. The third-order valence-electron chi connectivity index (χ3n) is 5.19. The van der Waals surface area contributed by atoms with E-state index in [1.54, 1.807) is 18.3 Å². The predicted molar refractivity (Wildman–Crippen MR) is 108 cm³/mol. The lowest BCUT2D eigenvalue weighted by Crippen LogP contribution is -2.44. The average molecular weight is 402 g/mol. The Balaban J connectivity index is 1.47. The van der Waals surface area contributed by atoms with Crippen LogP contribution in [-0.4, -0.2) is 42.7 Å². The summed E-state index contributed by atoms with van der Waals surface area (Å²) in [6.45, 7) is 2.73. The van der Waals surface area contributed by atoms with Crippen molar-refractivity contribution < 1.29 is 13.2 Å². The number of amides is 1. The SMILES string of the molecule is CC(CCc1ccccc1)NC(=O)C1CCN(S(=O)(=O)c2cccnc2)CC1. The van der Waals surface area contributed by atoms with E-state index in [1.807, 2.05) is 25.1 Å². The fraction of sp³-hybridized carbons (Fsp3) is 0.429. The first kappa shape index (κ1) is 20.5. The van der Waals surface area contributed by atoms with E-state index in [1.165, 1.54) is 16.1 Å². The van der Waals surface area contributed by atoms with E-state index in [0.717, 1.165) is 12.8 Å². The molecule has 3 rings (SSSR count). The Labute approximate surface area is 167 Å². The molecule has 7 heteroatoms. The Morgan fingerprint density at radius 2 is 1.89 bits per heavy atom. The van der Waals surface area contributed by atoms with E-state index in [9.17, 15) is 13.2 Å². The summed E-state index contributed by atoms with van der Waals surface area (Å²) in [5, 5.41) is 3.09. The number of hydrogen-bond donors (Lipinski definition) is 1. The molecule has 0 aliphatic carbocycles. The van der Waals surface area contributed by atoms with Crippen LogP contribution in [0.25, 0.3) is 0 Å². The standard InChI is InChI=1S/C21H27N3O3S/c1-17(9-10-18-6-3-2-4-7-18)23-21(25)19-11-14-24(15-12-19)28(26,27)20-8-5-13-22-16-20/h2-8,13,16-17,19H,9-12,14-15H2,1H3,(H,23,25). The van der Waals surface area contributed by atoms with E-state index in [2.05, 4.69) is 22.4 Å². The molecule has 1 N–H and O–H groups in total. The van der Waals surface area contributed by atoms with Crippen LogP contribution in [0, 0.1) is 5.92 Å². The van der Waals surface area contributed by atoms with E-state index in [4.69, 9.17) is 0 Å². The Kier molecular flexibility index (Phi) is 6.80. The molecule has 1 unspecified atom stereocenters. The first-order valence-electron chi connectivity index (χ1n) is 9.71. The maximum Gasteiger partial charge on any atom is 0.244 e. The van der Waals surface area contributed by atoms with Crippen LogP contribution in [0.1, 0.15) is 31.7 Å². The molecule has 1 aromatic heterocycles. The highest BCUT2D eigenvalue weighted by Gasteiger charge is 2.32. The Hall–Kier alpha value is -2.25. The summed E-state index contributed by atoms with van der Waals surface area (Å²) in [6.07, 6.45) is 5.79. The zero-order chi connectivity index (χ0) is 20.0. The molecule has 1 fully saturated rings. The molecular formula is C21H27N3O3S. The molecule has 6 nitrogen and oxygen atoms in total. The second kappa shape index (κ2) is 9.30. The topological polar surface area (TPSA) is 79.4 Å². The number of carbonyl (C=O) groups excluding carboxylic acids is 1. The molecule has 0 bridgehead atoms. The van der Waals surface area contributed by atoms with Crippen LogP contribution in [0.2, 0.25) is 0 Å². The molecule has 28 heavy (non-hydrogen) atoms. The maximum atomic E-state index is 12.6. The van der Waals surface area contributed by atoms with E-state index < -0.39 is 10.0 Å². The lowest BCUT2D eigenvalue weighted by molar-refractivity contribution is -0.126. The summed E-state index contributed by atoms with van der Waals surface area (Å²) in [5.74, 6) is -0.112. The fourth-order valence-corrected chi connectivity index (χ4v) is 4.90. The zero-order valence-corrected chi connectivity index (χ0v) is 16.9. The fourth-order valence-electron chi connectivity index (χ4n) is 3.47. The number of aromatic nitrogens is 1. The van der Waals surface area contributed by atoms with Crippen molar-refractivity contribution in [3.8, 4) is 0 Å². The third-order valence-corrected chi connectivity index (χ3v) is 7.08. The molecule has 1 aromatic carbocycles. The average Bonchev–Trinajstić information content (AvgIpc) is 2.73. The van der Waals surface area contributed by atoms with Gasteiger partial charge in [0.2, 0.25) is 15.9 Å². The lowest BCUT2D eigenvalue weighted by atomic mass is 9.96. The number of benzene rings is 1. The van der Waals surface area contributed by atoms with Gasteiger partial charge in [-0.3, -0.25) is 9.78 Å². The Morgan fingerprint density at radius 1 is 1.18 bits per heavy atom. The molecule has 2 heterocycles. The first-order valence-corrected chi connectivity index (χ1v) is 11.2. The van der Waals surface area contributed by atoms with Gasteiger partial charge in [0.05, 0.1) is 0 Å². The number of nitrogens with zero attached hydrogens (tertiary/aromatic N) is 2. The number of pyridine rings is 1. The van der Waals surface area contributed by atoms with Crippen molar-refractivity contribution in [2.45, 2.75) is 43.5 Å². The highest BCUT2D eigenvalue weighted by Crippen LogP contribution is 2.23. The van der Waals surface area contributed by atoms with Gasteiger partial charge in [0.25, 0.3) is 0 Å². The second-order valence-electron chi connectivity index (χ2n) is 7.30. The minimum atomic E-state index is -3.53. The first-order chi connectivity index (χ1) is 13.5. The number of hydrogen-bond acceptors (Lipinski definition) is 4. The van der Waals surface area contributed by atoms with Crippen LogP contribution in [-0.2, 0) is 21.2 Å². The highest BCUT2D eigenvalue weighted by atomic mass is 32.2. The van der Waals surface area contributed by atoms with Crippen LogP contribution < -0.4 is 5.32 Å². The summed E-state index contributed by atoms with van der Waals surface area (Å²) < 4.78 is 26.7. The smallest absolute Gasteiger partial charge is 0.244 e.